The molecule has 5 amide bonds. The molecule has 2 atom stereocenters. The molecule has 0 radical (unpaired) electrons. The minimum atomic E-state index is -0.578. The van der Waals surface area contributed by atoms with Gasteiger partial charge in [-0.15, -0.1) is 0 Å². The predicted octanol–water partition coefficient (Wildman–Crippen LogP) is 5.10. The van der Waals surface area contributed by atoms with Gasteiger partial charge in [0.05, 0.1) is 0 Å². The van der Waals surface area contributed by atoms with Crippen LogP contribution in [0.5, 0.6) is 0 Å². The quantitative estimate of drug-likeness (QED) is 0.238. The van der Waals surface area contributed by atoms with Gasteiger partial charge >= 0.3 is 0 Å². The van der Waals surface area contributed by atoms with E-state index in [-0.39, 0.29) is 36.0 Å². The number of amides is 5. The summed E-state index contributed by atoms with van der Waals surface area (Å²) in [6, 6.07) is 10.9. The number of piperidine rings is 2. The summed E-state index contributed by atoms with van der Waals surface area (Å²) in [5.74, 6) is -0.920. The number of nitrogens with one attached hydrogen (secondary N) is 2. The smallest absolute Gasteiger partial charge is 0.255 e. The number of unbranched alkanes of at least 4 members (excludes halogenated alkanes) is 7. The van der Waals surface area contributed by atoms with E-state index in [1.807, 2.05) is 24.3 Å². The molecule has 2 N–H and O–H groups in total. The summed E-state index contributed by atoms with van der Waals surface area (Å²) in [7, 11) is 0. The molecule has 0 aliphatic carbocycles. The molecular formula is C37H44N4O5. The van der Waals surface area contributed by atoms with Crippen LogP contribution in [-0.2, 0) is 40.3 Å². The van der Waals surface area contributed by atoms with Gasteiger partial charge in [0.2, 0.25) is 17.7 Å². The van der Waals surface area contributed by atoms with Gasteiger partial charge in [0, 0.05) is 36.3 Å². The monoisotopic (exact) mass is 624 g/mol. The number of carbonyl (C=O) groups excluding carboxylic acids is 5. The van der Waals surface area contributed by atoms with E-state index in [1.165, 1.54) is 36.8 Å². The first kappa shape index (κ1) is 31.7. The van der Waals surface area contributed by atoms with Gasteiger partial charge in [-0.1, -0.05) is 69.4 Å². The van der Waals surface area contributed by atoms with Crippen LogP contribution in [0, 0.1) is 0 Å². The van der Waals surface area contributed by atoms with Crippen LogP contribution in [0.25, 0.3) is 0 Å². The van der Waals surface area contributed by atoms with Crippen LogP contribution in [-0.4, -0.2) is 51.4 Å². The van der Waals surface area contributed by atoms with Crippen molar-refractivity contribution < 1.29 is 24.0 Å². The first-order chi connectivity index (χ1) is 22.3. The molecule has 0 spiro atoms. The van der Waals surface area contributed by atoms with Gasteiger partial charge in [-0.25, -0.2) is 0 Å². The number of aryl methyl sites for hydroxylation is 2. The Morgan fingerprint density at radius 3 is 1.54 bits per heavy atom. The van der Waals surface area contributed by atoms with Gasteiger partial charge in [0.25, 0.3) is 11.8 Å². The SMILES string of the molecule is C=C1CCC(N2Cc3c(CCCCCCCCCCc4cccc5c4CN(C4CCC(=O)NC4=O)C5=O)cccc3C2=O)C(=O)N1. The molecule has 2 saturated heterocycles. The van der Waals surface area contributed by atoms with Crippen LogP contribution in [0.4, 0.5) is 0 Å². The fraction of sp³-hybridized carbons (Fsp3) is 0.486. The highest BCUT2D eigenvalue weighted by Crippen LogP contribution is 2.32. The normalized spacial score (nSPS) is 21.0. The number of hydrogen-bond donors (Lipinski definition) is 2. The average molecular weight is 625 g/mol. The van der Waals surface area contributed by atoms with E-state index < -0.39 is 12.1 Å². The first-order valence-corrected chi connectivity index (χ1v) is 17.0. The van der Waals surface area contributed by atoms with Crippen molar-refractivity contribution >= 4 is 29.5 Å². The molecule has 4 aliphatic heterocycles. The third kappa shape index (κ3) is 6.64. The van der Waals surface area contributed by atoms with Crippen LogP contribution >= 0.6 is 0 Å². The van der Waals surface area contributed by atoms with Gasteiger partial charge in [-0.05, 0) is 79.3 Å². The van der Waals surface area contributed by atoms with Crippen LogP contribution in [0.2, 0.25) is 0 Å². The van der Waals surface area contributed by atoms with Crippen LogP contribution in [0.15, 0.2) is 48.7 Å². The molecule has 242 valence electrons. The van der Waals surface area contributed by atoms with E-state index in [1.54, 1.807) is 9.80 Å². The second-order valence-corrected chi connectivity index (χ2v) is 13.2. The number of hydrogen-bond acceptors (Lipinski definition) is 5. The Balaban J connectivity index is 0.882. The zero-order valence-electron chi connectivity index (χ0n) is 26.6. The van der Waals surface area contributed by atoms with E-state index in [0.717, 1.165) is 60.9 Å². The highest BCUT2D eigenvalue weighted by atomic mass is 16.2. The van der Waals surface area contributed by atoms with Crippen LogP contribution in [0.3, 0.4) is 0 Å². The van der Waals surface area contributed by atoms with E-state index in [2.05, 4.69) is 29.3 Å². The summed E-state index contributed by atoms with van der Waals surface area (Å²) < 4.78 is 0. The van der Waals surface area contributed by atoms with Crippen molar-refractivity contribution in [1.82, 2.24) is 20.4 Å². The second kappa shape index (κ2) is 14.0. The first-order valence-electron chi connectivity index (χ1n) is 17.0. The van der Waals surface area contributed by atoms with Gasteiger partial charge in [0.15, 0.2) is 0 Å². The summed E-state index contributed by atoms with van der Waals surface area (Å²) in [4.78, 5) is 66.0. The maximum atomic E-state index is 13.1. The minimum absolute atomic E-state index is 0.0381. The van der Waals surface area contributed by atoms with Crippen molar-refractivity contribution in [3.05, 3.63) is 82.1 Å². The third-order valence-electron chi connectivity index (χ3n) is 10.1. The van der Waals surface area contributed by atoms with Crippen molar-refractivity contribution in [2.24, 2.45) is 0 Å². The molecule has 4 heterocycles. The van der Waals surface area contributed by atoms with E-state index >= 15 is 0 Å². The summed E-state index contributed by atoms with van der Waals surface area (Å²) in [6.45, 7) is 4.80. The Kier molecular flexibility index (Phi) is 9.66. The van der Waals surface area contributed by atoms with Crippen molar-refractivity contribution in [3.63, 3.8) is 0 Å². The molecule has 0 bridgehead atoms. The molecule has 9 nitrogen and oxygen atoms in total. The van der Waals surface area contributed by atoms with E-state index in [9.17, 15) is 24.0 Å². The largest absolute Gasteiger partial charge is 0.329 e. The Morgan fingerprint density at radius 2 is 1.07 bits per heavy atom. The van der Waals surface area contributed by atoms with Crippen molar-refractivity contribution in [2.45, 2.75) is 115 Å². The van der Waals surface area contributed by atoms with E-state index in [0.29, 0.717) is 37.9 Å². The van der Waals surface area contributed by atoms with Crippen molar-refractivity contribution in [2.75, 3.05) is 0 Å². The number of fused-ring (bicyclic) bond motifs is 2. The lowest BCUT2D eigenvalue weighted by molar-refractivity contribution is -0.137. The Labute approximate surface area is 270 Å². The molecule has 6 rings (SSSR count). The lowest BCUT2D eigenvalue weighted by Crippen LogP contribution is -2.52. The van der Waals surface area contributed by atoms with E-state index in [4.69, 9.17) is 0 Å². The van der Waals surface area contributed by atoms with Gasteiger partial charge in [0.1, 0.15) is 12.1 Å². The fourth-order valence-electron chi connectivity index (χ4n) is 7.54. The van der Waals surface area contributed by atoms with Crippen molar-refractivity contribution in [1.29, 1.82) is 0 Å². The maximum absolute atomic E-state index is 13.1. The molecule has 0 saturated carbocycles. The Hall–Kier alpha value is -4.27. The molecule has 2 aromatic rings. The number of carbonyl (C=O) groups is 5. The van der Waals surface area contributed by atoms with Crippen LogP contribution < -0.4 is 10.6 Å². The number of rotatable bonds is 13. The second-order valence-electron chi connectivity index (χ2n) is 13.2. The molecule has 0 aromatic heterocycles. The molecule has 2 fully saturated rings. The summed E-state index contributed by atoms with van der Waals surface area (Å²) >= 11 is 0. The highest BCUT2D eigenvalue weighted by Gasteiger charge is 2.40. The summed E-state index contributed by atoms with van der Waals surface area (Å²) in [6.07, 6.45) is 13.1. The molecule has 2 unspecified atom stereocenters. The molecule has 46 heavy (non-hydrogen) atoms. The lowest BCUT2D eigenvalue weighted by Gasteiger charge is -2.31. The third-order valence-corrected chi connectivity index (χ3v) is 10.1. The molecule has 2 aromatic carbocycles. The lowest BCUT2D eigenvalue weighted by atomic mass is 9.97. The van der Waals surface area contributed by atoms with Crippen molar-refractivity contribution in [3.8, 4) is 0 Å². The number of allylic oxidation sites excluding steroid dienone is 1. The average Bonchev–Trinajstić information content (AvgIpc) is 3.55. The van der Waals surface area contributed by atoms with Gasteiger partial charge < -0.3 is 15.1 Å². The minimum Gasteiger partial charge on any atom is -0.329 e. The summed E-state index contributed by atoms with van der Waals surface area (Å²) in [5.41, 5.74) is 6.68. The zero-order valence-corrected chi connectivity index (χ0v) is 26.6. The molecule has 4 aliphatic rings. The topological polar surface area (TPSA) is 116 Å². The Morgan fingerprint density at radius 1 is 0.609 bits per heavy atom. The van der Waals surface area contributed by atoms with Gasteiger partial charge in [-0.2, -0.15) is 0 Å². The zero-order chi connectivity index (χ0) is 32.2. The molecular weight excluding hydrogens is 580 g/mol. The highest BCUT2D eigenvalue weighted by molar-refractivity contribution is 6.05. The number of benzene rings is 2. The predicted molar refractivity (Wildman–Crippen MR) is 173 cm³/mol. The number of imide groups is 1. The van der Waals surface area contributed by atoms with Crippen LogP contribution in [0.1, 0.15) is 120 Å². The molecule has 9 heteroatoms. The summed E-state index contributed by atoms with van der Waals surface area (Å²) in [5, 5.41) is 5.18. The fourth-order valence-corrected chi connectivity index (χ4v) is 7.54. The number of nitrogens with zero attached hydrogens (tertiary/aromatic N) is 2. The Bertz CT molecular complexity index is 1450. The van der Waals surface area contributed by atoms with Gasteiger partial charge in [-0.3, -0.25) is 29.3 Å². The standard InChI is InChI=1S/C37H44N4O5/c1-24-18-19-31(34(43)38-24)40-22-29-25(14-10-16-27(29)36(40)45)12-8-6-4-2-3-5-7-9-13-26-15-11-17-28-30(26)23-41(37(28)46)32-20-21-33(42)39-35(32)44/h10-11,14-17,31-32H,1-9,12-13,18-23H2,(H,38,43)(H,39,42,44). The maximum Gasteiger partial charge on any atom is 0.255 e.